The Morgan fingerprint density at radius 2 is 2.05 bits per heavy atom. The lowest BCUT2D eigenvalue weighted by Gasteiger charge is -2.00. The Hall–Kier alpha value is -1.94. The molecule has 98 valence electrons. The summed E-state index contributed by atoms with van der Waals surface area (Å²) < 4.78 is 12.7. The number of carbonyl (C=O) groups excluding carboxylic acids is 1. The SMILES string of the molecule is O=C(/C=C/c1ccc(F)cc1)NCCc1ccsc1. The van der Waals surface area contributed by atoms with Crippen LogP contribution in [-0.4, -0.2) is 12.5 Å². The number of amides is 1. The second-order valence-electron chi connectivity index (χ2n) is 4.06. The predicted octanol–water partition coefficient (Wildman–Crippen LogP) is 3.26. The molecule has 0 spiro atoms. The summed E-state index contributed by atoms with van der Waals surface area (Å²) in [6, 6.07) is 8.04. The molecule has 0 aliphatic rings. The topological polar surface area (TPSA) is 29.1 Å². The van der Waals surface area contributed by atoms with Crippen molar-refractivity contribution in [2.24, 2.45) is 0 Å². The zero-order chi connectivity index (χ0) is 13.5. The minimum absolute atomic E-state index is 0.139. The van der Waals surface area contributed by atoms with E-state index in [0.717, 1.165) is 12.0 Å². The van der Waals surface area contributed by atoms with E-state index in [4.69, 9.17) is 0 Å². The largest absolute Gasteiger partial charge is 0.352 e. The summed E-state index contributed by atoms with van der Waals surface area (Å²) in [5, 5.41) is 6.90. The Kier molecular flexibility index (Phi) is 4.86. The van der Waals surface area contributed by atoms with Gasteiger partial charge in [-0.05, 0) is 52.6 Å². The lowest BCUT2D eigenvalue weighted by Crippen LogP contribution is -2.23. The minimum atomic E-state index is -0.280. The van der Waals surface area contributed by atoms with Gasteiger partial charge in [0.25, 0.3) is 0 Å². The van der Waals surface area contributed by atoms with Gasteiger partial charge in [0.05, 0.1) is 0 Å². The second kappa shape index (κ2) is 6.85. The lowest BCUT2D eigenvalue weighted by atomic mass is 10.2. The second-order valence-corrected chi connectivity index (χ2v) is 4.84. The first-order valence-corrected chi connectivity index (χ1v) is 6.91. The molecule has 4 heteroatoms. The van der Waals surface area contributed by atoms with Crippen LogP contribution >= 0.6 is 11.3 Å². The van der Waals surface area contributed by atoms with Crippen LogP contribution in [0.25, 0.3) is 6.08 Å². The van der Waals surface area contributed by atoms with Crippen molar-refractivity contribution in [1.29, 1.82) is 0 Å². The van der Waals surface area contributed by atoms with Gasteiger partial charge in [0, 0.05) is 12.6 Å². The van der Waals surface area contributed by atoms with Gasteiger partial charge >= 0.3 is 0 Å². The van der Waals surface area contributed by atoms with Crippen LogP contribution in [0, 0.1) is 5.82 Å². The van der Waals surface area contributed by atoms with E-state index in [0.29, 0.717) is 6.54 Å². The van der Waals surface area contributed by atoms with E-state index >= 15 is 0 Å². The molecule has 0 radical (unpaired) electrons. The quantitative estimate of drug-likeness (QED) is 0.834. The van der Waals surface area contributed by atoms with E-state index in [-0.39, 0.29) is 11.7 Å². The molecule has 0 aliphatic heterocycles. The van der Waals surface area contributed by atoms with Crippen molar-refractivity contribution in [3.63, 3.8) is 0 Å². The molecule has 1 aromatic carbocycles. The molecule has 0 aliphatic carbocycles. The Morgan fingerprint density at radius 1 is 1.26 bits per heavy atom. The van der Waals surface area contributed by atoms with Crippen molar-refractivity contribution in [1.82, 2.24) is 5.32 Å². The number of benzene rings is 1. The average Bonchev–Trinajstić information content (AvgIpc) is 2.91. The van der Waals surface area contributed by atoms with Gasteiger partial charge in [0.15, 0.2) is 0 Å². The van der Waals surface area contributed by atoms with E-state index in [9.17, 15) is 9.18 Å². The van der Waals surface area contributed by atoms with E-state index in [1.807, 2.05) is 11.4 Å². The molecule has 2 aromatic rings. The molecule has 19 heavy (non-hydrogen) atoms. The molecule has 2 rings (SSSR count). The van der Waals surface area contributed by atoms with Crippen LogP contribution in [0.3, 0.4) is 0 Å². The lowest BCUT2D eigenvalue weighted by molar-refractivity contribution is -0.116. The third kappa shape index (κ3) is 4.67. The highest BCUT2D eigenvalue weighted by Crippen LogP contribution is 2.06. The van der Waals surface area contributed by atoms with Gasteiger partial charge in [0.1, 0.15) is 5.82 Å². The van der Waals surface area contributed by atoms with Gasteiger partial charge in [0.2, 0.25) is 5.91 Å². The molecule has 1 aromatic heterocycles. The Bertz CT molecular complexity index is 546. The van der Waals surface area contributed by atoms with Crippen LogP contribution in [0.1, 0.15) is 11.1 Å². The molecule has 0 saturated carbocycles. The summed E-state index contributed by atoms with van der Waals surface area (Å²) in [5.41, 5.74) is 2.03. The van der Waals surface area contributed by atoms with E-state index in [2.05, 4.69) is 10.7 Å². The summed E-state index contributed by atoms with van der Waals surface area (Å²) >= 11 is 1.65. The highest BCUT2D eigenvalue weighted by atomic mass is 32.1. The summed E-state index contributed by atoms with van der Waals surface area (Å²) in [5.74, 6) is -0.420. The number of hydrogen-bond acceptors (Lipinski definition) is 2. The van der Waals surface area contributed by atoms with E-state index in [1.165, 1.54) is 23.8 Å². The zero-order valence-electron chi connectivity index (χ0n) is 10.3. The standard InChI is InChI=1S/C15H14FNOS/c16-14-4-1-12(2-5-14)3-6-15(18)17-9-7-13-8-10-19-11-13/h1-6,8,10-11H,7,9H2,(H,17,18)/b6-3+. The number of carbonyl (C=O) groups is 1. The third-order valence-corrected chi connectivity index (χ3v) is 3.32. The van der Waals surface area contributed by atoms with Gasteiger partial charge in [-0.2, -0.15) is 11.3 Å². The maximum Gasteiger partial charge on any atom is 0.244 e. The normalized spacial score (nSPS) is 10.8. The van der Waals surface area contributed by atoms with E-state index < -0.39 is 0 Å². The van der Waals surface area contributed by atoms with Gasteiger partial charge in [-0.15, -0.1) is 0 Å². The minimum Gasteiger partial charge on any atom is -0.352 e. The molecule has 0 unspecified atom stereocenters. The number of thiophene rings is 1. The summed E-state index contributed by atoms with van der Waals surface area (Å²) in [7, 11) is 0. The fourth-order valence-corrected chi connectivity index (χ4v) is 2.27. The monoisotopic (exact) mass is 275 g/mol. The van der Waals surface area contributed by atoms with Crippen LogP contribution in [0.5, 0.6) is 0 Å². The highest BCUT2D eigenvalue weighted by Gasteiger charge is 1.97. The van der Waals surface area contributed by atoms with Crippen molar-refractivity contribution < 1.29 is 9.18 Å². The molecular weight excluding hydrogens is 261 g/mol. The number of nitrogens with one attached hydrogen (secondary N) is 1. The van der Waals surface area contributed by atoms with Crippen LogP contribution in [0.15, 0.2) is 47.2 Å². The molecule has 1 N–H and O–H groups in total. The first-order chi connectivity index (χ1) is 9.24. The smallest absolute Gasteiger partial charge is 0.244 e. The predicted molar refractivity (Wildman–Crippen MR) is 76.5 cm³/mol. The average molecular weight is 275 g/mol. The number of halogens is 1. The molecular formula is C15H14FNOS. The van der Waals surface area contributed by atoms with Crippen molar-refractivity contribution in [2.45, 2.75) is 6.42 Å². The molecule has 0 bridgehead atoms. The fraction of sp³-hybridized carbons (Fsp3) is 0.133. The molecule has 2 nitrogen and oxygen atoms in total. The first-order valence-electron chi connectivity index (χ1n) is 5.96. The van der Waals surface area contributed by atoms with Crippen LogP contribution in [-0.2, 0) is 11.2 Å². The van der Waals surface area contributed by atoms with Crippen LogP contribution < -0.4 is 5.32 Å². The third-order valence-electron chi connectivity index (χ3n) is 2.59. The fourth-order valence-electron chi connectivity index (χ4n) is 1.57. The Morgan fingerprint density at radius 3 is 2.74 bits per heavy atom. The first kappa shape index (κ1) is 13.5. The molecule has 1 amide bonds. The summed E-state index contributed by atoms with van der Waals surface area (Å²) in [6.07, 6.45) is 3.96. The Balaban J connectivity index is 1.76. The molecule has 1 heterocycles. The maximum atomic E-state index is 12.7. The van der Waals surface area contributed by atoms with E-state index in [1.54, 1.807) is 29.5 Å². The maximum absolute atomic E-state index is 12.7. The van der Waals surface area contributed by atoms with Gasteiger partial charge in [-0.3, -0.25) is 4.79 Å². The van der Waals surface area contributed by atoms with Gasteiger partial charge in [-0.1, -0.05) is 12.1 Å². The molecule has 0 fully saturated rings. The Labute approximate surface area is 115 Å². The molecule has 0 atom stereocenters. The van der Waals surface area contributed by atoms with Gasteiger partial charge in [-0.25, -0.2) is 4.39 Å². The van der Waals surface area contributed by atoms with Crippen LogP contribution in [0.2, 0.25) is 0 Å². The summed E-state index contributed by atoms with van der Waals surface area (Å²) in [4.78, 5) is 11.5. The highest BCUT2D eigenvalue weighted by molar-refractivity contribution is 7.07. The van der Waals surface area contributed by atoms with Crippen LogP contribution in [0.4, 0.5) is 4.39 Å². The van der Waals surface area contributed by atoms with Crippen molar-refractivity contribution in [3.05, 3.63) is 64.1 Å². The van der Waals surface area contributed by atoms with Gasteiger partial charge < -0.3 is 5.32 Å². The zero-order valence-corrected chi connectivity index (χ0v) is 11.1. The summed E-state index contributed by atoms with van der Waals surface area (Å²) in [6.45, 7) is 0.614. The molecule has 0 saturated heterocycles. The number of hydrogen-bond donors (Lipinski definition) is 1. The van der Waals surface area contributed by atoms with Crippen molar-refractivity contribution >= 4 is 23.3 Å². The number of rotatable bonds is 5. The van der Waals surface area contributed by atoms with Crippen molar-refractivity contribution in [2.75, 3.05) is 6.54 Å². The van der Waals surface area contributed by atoms with Crippen molar-refractivity contribution in [3.8, 4) is 0 Å².